The maximum Gasteiger partial charge on any atom is 0.321 e. The number of fused-ring (bicyclic) bond motifs is 1. The Morgan fingerprint density at radius 3 is 2.55 bits per heavy atom. The molecule has 2 aromatic carbocycles. The Hall–Kier alpha value is -3.00. The second-order valence-corrected chi connectivity index (χ2v) is 7.80. The molecule has 0 fully saturated rings. The van der Waals surface area contributed by atoms with Crippen LogP contribution in [0.2, 0.25) is 0 Å². The van der Waals surface area contributed by atoms with Gasteiger partial charge in [-0.15, -0.1) is 0 Å². The van der Waals surface area contributed by atoms with Gasteiger partial charge < -0.3 is 10.1 Å². The van der Waals surface area contributed by atoms with E-state index in [1.54, 1.807) is 7.11 Å². The third-order valence-electron chi connectivity index (χ3n) is 4.12. The molecule has 3 rings (SSSR count). The number of ether oxygens (including phenoxy) is 1. The second-order valence-electron chi connectivity index (χ2n) is 6.86. The van der Waals surface area contributed by atoms with E-state index in [4.69, 9.17) is 4.74 Å². The number of imide groups is 1. The van der Waals surface area contributed by atoms with Crippen molar-refractivity contribution in [2.24, 2.45) is 5.92 Å². The van der Waals surface area contributed by atoms with E-state index in [0.29, 0.717) is 17.6 Å². The van der Waals surface area contributed by atoms with Crippen LogP contribution in [0.15, 0.2) is 53.7 Å². The quantitative estimate of drug-likeness (QED) is 0.579. The number of nitrogens with one attached hydrogen (secondary N) is 2. The van der Waals surface area contributed by atoms with Crippen LogP contribution in [0, 0.1) is 5.92 Å². The maximum atomic E-state index is 12.2. The topological polar surface area (TPSA) is 85.2 Å². The third-order valence-corrected chi connectivity index (χ3v) is 5.06. The molecule has 0 unspecified atom stereocenters. The Morgan fingerprint density at radius 2 is 1.86 bits per heavy atom. The van der Waals surface area contributed by atoms with Gasteiger partial charge in [0.05, 0.1) is 23.9 Å². The van der Waals surface area contributed by atoms with E-state index >= 15 is 0 Å². The molecule has 7 nitrogen and oxygen atoms in total. The summed E-state index contributed by atoms with van der Waals surface area (Å²) in [4.78, 5) is 28.6. The van der Waals surface area contributed by atoms with Crippen LogP contribution >= 0.6 is 11.8 Å². The lowest BCUT2D eigenvalue weighted by atomic mass is 10.2. The molecule has 0 aliphatic heterocycles. The number of carbonyl (C=O) groups is 2. The molecular weight excluding hydrogens is 388 g/mol. The molecule has 0 aliphatic rings. The fourth-order valence-corrected chi connectivity index (χ4v) is 3.54. The summed E-state index contributed by atoms with van der Waals surface area (Å²) in [6, 6.07) is 14.9. The van der Waals surface area contributed by atoms with Crippen molar-refractivity contribution in [3.8, 4) is 11.4 Å². The molecule has 0 saturated carbocycles. The lowest BCUT2D eigenvalue weighted by Crippen LogP contribution is -2.41. The van der Waals surface area contributed by atoms with E-state index in [1.807, 2.05) is 66.9 Å². The van der Waals surface area contributed by atoms with Crippen molar-refractivity contribution in [2.45, 2.75) is 19.0 Å². The molecule has 152 valence electrons. The van der Waals surface area contributed by atoms with E-state index in [9.17, 15) is 9.59 Å². The number of aromatic nitrogens is 2. The summed E-state index contributed by atoms with van der Waals surface area (Å²) >= 11 is 1.28. The number of nitrogens with zero attached hydrogens (tertiary/aromatic N) is 2. The van der Waals surface area contributed by atoms with E-state index < -0.39 is 6.03 Å². The number of thioether (sulfide) groups is 1. The van der Waals surface area contributed by atoms with Crippen LogP contribution in [-0.4, -0.2) is 40.9 Å². The summed E-state index contributed by atoms with van der Waals surface area (Å²) < 4.78 is 7.23. The highest BCUT2D eigenvalue weighted by Crippen LogP contribution is 2.28. The molecule has 0 atom stereocenters. The Morgan fingerprint density at radius 1 is 1.14 bits per heavy atom. The van der Waals surface area contributed by atoms with Crippen LogP contribution in [-0.2, 0) is 4.79 Å². The summed E-state index contributed by atoms with van der Waals surface area (Å²) in [5.74, 6) is 0.785. The van der Waals surface area contributed by atoms with Crippen molar-refractivity contribution in [1.29, 1.82) is 0 Å². The molecule has 1 heterocycles. The molecule has 1 aromatic heterocycles. The first kappa shape index (κ1) is 20.7. The SMILES string of the molecule is COc1ccc(-n2c(SCC(=O)NC(=O)NCC(C)C)nc3ccccc32)cc1. The Kier molecular flexibility index (Phi) is 6.77. The van der Waals surface area contributed by atoms with Crippen molar-refractivity contribution < 1.29 is 14.3 Å². The van der Waals surface area contributed by atoms with Crippen molar-refractivity contribution >= 4 is 34.7 Å². The average Bonchev–Trinajstić information content (AvgIpc) is 3.09. The highest BCUT2D eigenvalue weighted by Gasteiger charge is 2.15. The average molecular weight is 413 g/mol. The number of methoxy groups -OCH3 is 1. The van der Waals surface area contributed by atoms with Gasteiger partial charge in [0, 0.05) is 12.2 Å². The molecule has 8 heteroatoms. The number of hydrogen-bond acceptors (Lipinski definition) is 5. The monoisotopic (exact) mass is 412 g/mol. The zero-order valence-electron chi connectivity index (χ0n) is 16.6. The van der Waals surface area contributed by atoms with Crippen LogP contribution < -0.4 is 15.4 Å². The van der Waals surface area contributed by atoms with Gasteiger partial charge in [-0.25, -0.2) is 9.78 Å². The summed E-state index contributed by atoms with van der Waals surface area (Å²) in [5.41, 5.74) is 2.69. The minimum absolute atomic E-state index is 0.0780. The van der Waals surface area contributed by atoms with Crippen LogP contribution in [0.1, 0.15) is 13.8 Å². The number of imidazole rings is 1. The van der Waals surface area contributed by atoms with Gasteiger partial charge in [0.2, 0.25) is 5.91 Å². The normalized spacial score (nSPS) is 10.9. The number of benzene rings is 2. The van der Waals surface area contributed by atoms with Gasteiger partial charge in [-0.2, -0.15) is 0 Å². The smallest absolute Gasteiger partial charge is 0.321 e. The van der Waals surface area contributed by atoms with Crippen molar-refractivity contribution in [3.05, 3.63) is 48.5 Å². The van der Waals surface area contributed by atoms with Gasteiger partial charge >= 0.3 is 6.03 Å². The van der Waals surface area contributed by atoms with Crippen LogP contribution in [0.5, 0.6) is 5.75 Å². The molecular formula is C21H24N4O3S. The molecule has 3 amide bonds. The van der Waals surface area contributed by atoms with Crippen molar-refractivity contribution in [1.82, 2.24) is 20.2 Å². The summed E-state index contributed by atoms with van der Waals surface area (Å²) in [6.07, 6.45) is 0. The largest absolute Gasteiger partial charge is 0.497 e. The molecule has 3 aromatic rings. The Labute approximate surface area is 173 Å². The predicted molar refractivity (Wildman–Crippen MR) is 115 cm³/mol. The van der Waals surface area contributed by atoms with E-state index in [-0.39, 0.29) is 11.7 Å². The van der Waals surface area contributed by atoms with E-state index in [1.165, 1.54) is 11.8 Å². The molecule has 0 saturated heterocycles. The lowest BCUT2D eigenvalue weighted by molar-refractivity contribution is -0.117. The third kappa shape index (κ3) is 5.29. The highest BCUT2D eigenvalue weighted by atomic mass is 32.2. The fraction of sp³-hybridized carbons (Fsp3) is 0.286. The molecule has 0 bridgehead atoms. The van der Waals surface area contributed by atoms with Crippen LogP contribution in [0.4, 0.5) is 4.79 Å². The first-order valence-corrected chi connectivity index (χ1v) is 10.3. The number of para-hydroxylation sites is 2. The number of urea groups is 1. The Balaban J connectivity index is 1.77. The van der Waals surface area contributed by atoms with Gasteiger partial charge in [0.25, 0.3) is 0 Å². The fourth-order valence-electron chi connectivity index (χ4n) is 2.72. The van der Waals surface area contributed by atoms with E-state index in [0.717, 1.165) is 22.5 Å². The van der Waals surface area contributed by atoms with Crippen molar-refractivity contribution in [2.75, 3.05) is 19.4 Å². The van der Waals surface area contributed by atoms with E-state index in [2.05, 4.69) is 15.6 Å². The maximum absolute atomic E-state index is 12.2. The minimum Gasteiger partial charge on any atom is -0.497 e. The summed E-state index contributed by atoms with van der Waals surface area (Å²) in [6.45, 7) is 4.49. The first-order valence-electron chi connectivity index (χ1n) is 9.30. The zero-order valence-corrected chi connectivity index (χ0v) is 17.5. The van der Waals surface area contributed by atoms with Crippen LogP contribution in [0.25, 0.3) is 16.7 Å². The van der Waals surface area contributed by atoms with Gasteiger partial charge in [-0.1, -0.05) is 37.7 Å². The highest BCUT2D eigenvalue weighted by molar-refractivity contribution is 7.99. The zero-order chi connectivity index (χ0) is 20.8. The Bertz CT molecular complexity index is 999. The molecule has 2 N–H and O–H groups in total. The summed E-state index contributed by atoms with van der Waals surface area (Å²) in [7, 11) is 1.62. The van der Waals surface area contributed by atoms with Gasteiger partial charge in [0.1, 0.15) is 5.75 Å². The molecule has 29 heavy (non-hydrogen) atoms. The minimum atomic E-state index is -0.479. The molecule has 0 radical (unpaired) electrons. The standard InChI is InChI=1S/C21H24N4O3S/c1-14(2)12-22-20(27)24-19(26)13-29-21-23-17-6-4-5-7-18(17)25(21)15-8-10-16(28-3)11-9-15/h4-11,14H,12-13H2,1-3H3,(H2,22,24,26,27). The van der Waals surface area contributed by atoms with Gasteiger partial charge in [0.15, 0.2) is 5.16 Å². The second kappa shape index (κ2) is 9.47. The number of rotatable bonds is 7. The summed E-state index contributed by atoms with van der Waals surface area (Å²) in [5, 5.41) is 5.69. The lowest BCUT2D eigenvalue weighted by Gasteiger charge is -2.10. The first-order chi connectivity index (χ1) is 14.0. The van der Waals surface area contributed by atoms with Crippen LogP contribution in [0.3, 0.4) is 0 Å². The van der Waals surface area contributed by atoms with Gasteiger partial charge in [-0.3, -0.25) is 14.7 Å². The predicted octanol–water partition coefficient (Wildman–Crippen LogP) is 3.61. The number of amides is 3. The van der Waals surface area contributed by atoms with Crippen molar-refractivity contribution in [3.63, 3.8) is 0 Å². The molecule has 0 spiro atoms. The molecule has 0 aliphatic carbocycles. The number of hydrogen-bond donors (Lipinski definition) is 2. The number of carbonyl (C=O) groups excluding carboxylic acids is 2. The van der Waals surface area contributed by atoms with Gasteiger partial charge in [-0.05, 0) is 42.3 Å².